The van der Waals surface area contributed by atoms with Gasteiger partial charge in [-0.2, -0.15) is 0 Å². The first kappa shape index (κ1) is 20.5. The van der Waals surface area contributed by atoms with E-state index in [1.54, 1.807) is 37.6 Å². The maximum Gasteiger partial charge on any atom is 0.255 e. The van der Waals surface area contributed by atoms with Crippen LogP contribution in [0.5, 0.6) is 5.75 Å². The smallest absolute Gasteiger partial charge is 0.255 e. The molecule has 0 aliphatic heterocycles. The molecule has 1 aromatic rings. The number of carbonyl (C=O) groups excluding carboxylic acids is 1. The molecule has 0 aliphatic carbocycles. The topological polar surface area (TPSA) is 47.6 Å². The lowest BCUT2D eigenvalue weighted by Crippen LogP contribution is -2.40. The molecule has 1 amide bonds. The molecule has 0 fully saturated rings. The molecule has 0 aromatic heterocycles. The van der Waals surface area contributed by atoms with Crippen LogP contribution in [0.15, 0.2) is 36.5 Å². The SMILES string of the molecule is COc1ccc(C(=O)N/C=C\CCCO[Si](C)(C)C(C)(C)C)cc1. The molecule has 0 atom stereocenters. The first-order valence-corrected chi connectivity index (χ1v) is 11.3. The molecule has 0 saturated carbocycles. The van der Waals surface area contributed by atoms with Crippen molar-refractivity contribution < 1.29 is 14.0 Å². The standard InChI is InChI=1S/C19H31NO3Si/c1-19(2,3)24(5,6)23-15-9-7-8-14-20-18(21)16-10-12-17(22-4)13-11-16/h8,10-14H,7,9,15H2,1-6H3,(H,20,21)/b14-8-. The number of unbranched alkanes of at least 4 members (excludes halogenated alkanes) is 1. The molecule has 1 N–H and O–H groups in total. The summed E-state index contributed by atoms with van der Waals surface area (Å²) in [5.41, 5.74) is 0.613. The van der Waals surface area contributed by atoms with E-state index in [1.165, 1.54) is 0 Å². The molecule has 0 saturated heterocycles. The van der Waals surface area contributed by atoms with Gasteiger partial charge >= 0.3 is 0 Å². The van der Waals surface area contributed by atoms with Crippen molar-refractivity contribution in [2.24, 2.45) is 0 Å². The third-order valence-electron chi connectivity index (χ3n) is 4.47. The van der Waals surface area contributed by atoms with Crippen LogP contribution < -0.4 is 10.1 Å². The zero-order valence-electron chi connectivity index (χ0n) is 15.8. The summed E-state index contributed by atoms with van der Waals surface area (Å²) >= 11 is 0. The van der Waals surface area contributed by atoms with Crippen molar-refractivity contribution in [2.75, 3.05) is 13.7 Å². The maximum atomic E-state index is 12.0. The minimum absolute atomic E-state index is 0.119. The number of hydrogen-bond donors (Lipinski definition) is 1. The van der Waals surface area contributed by atoms with Crippen LogP contribution in [0, 0.1) is 0 Å². The van der Waals surface area contributed by atoms with E-state index in [-0.39, 0.29) is 10.9 Å². The van der Waals surface area contributed by atoms with Gasteiger partial charge in [0.25, 0.3) is 5.91 Å². The molecular weight excluding hydrogens is 318 g/mol. The van der Waals surface area contributed by atoms with E-state index >= 15 is 0 Å². The molecule has 0 bridgehead atoms. The highest BCUT2D eigenvalue weighted by Gasteiger charge is 2.36. The molecule has 0 heterocycles. The van der Waals surface area contributed by atoms with E-state index in [9.17, 15) is 4.79 Å². The fraction of sp³-hybridized carbons (Fsp3) is 0.526. The highest BCUT2D eigenvalue weighted by atomic mass is 28.4. The summed E-state index contributed by atoms with van der Waals surface area (Å²) in [5.74, 6) is 0.621. The Morgan fingerprint density at radius 3 is 2.38 bits per heavy atom. The van der Waals surface area contributed by atoms with Crippen molar-refractivity contribution in [2.45, 2.75) is 51.7 Å². The third-order valence-corrected chi connectivity index (χ3v) is 9.01. The third kappa shape index (κ3) is 6.49. The van der Waals surface area contributed by atoms with Gasteiger partial charge in [0, 0.05) is 18.4 Å². The molecule has 4 nitrogen and oxygen atoms in total. The quantitative estimate of drug-likeness (QED) is 0.544. The summed E-state index contributed by atoms with van der Waals surface area (Å²) in [7, 11) is -0.0436. The first-order valence-electron chi connectivity index (χ1n) is 8.41. The van der Waals surface area contributed by atoms with Crippen LogP contribution in [0.25, 0.3) is 0 Å². The Kier molecular flexibility index (Phi) is 7.70. The van der Waals surface area contributed by atoms with Gasteiger partial charge in [0.1, 0.15) is 5.75 Å². The molecular formula is C19H31NO3Si. The van der Waals surface area contributed by atoms with Crippen molar-refractivity contribution in [1.82, 2.24) is 5.32 Å². The number of nitrogens with one attached hydrogen (secondary N) is 1. The van der Waals surface area contributed by atoms with Crippen LogP contribution in [0.1, 0.15) is 44.0 Å². The molecule has 1 rings (SSSR count). The largest absolute Gasteiger partial charge is 0.497 e. The Labute approximate surface area is 147 Å². The Bertz CT molecular complexity index is 545. The molecule has 5 heteroatoms. The van der Waals surface area contributed by atoms with E-state index in [2.05, 4.69) is 39.2 Å². The summed E-state index contributed by atoms with van der Waals surface area (Å²) in [5, 5.41) is 3.02. The lowest BCUT2D eigenvalue weighted by Gasteiger charge is -2.36. The molecule has 0 spiro atoms. The Hall–Kier alpha value is -1.59. The van der Waals surface area contributed by atoms with Gasteiger partial charge < -0.3 is 14.5 Å². The van der Waals surface area contributed by atoms with Gasteiger partial charge in [-0.1, -0.05) is 26.8 Å². The number of rotatable bonds is 8. The first-order chi connectivity index (χ1) is 11.2. The molecule has 1 aromatic carbocycles. The molecule has 0 unspecified atom stereocenters. The van der Waals surface area contributed by atoms with Crippen molar-refractivity contribution >= 4 is 14.2 Å². The van der Waals surface area contributed by atoms with Crippen molar-refractivity contribution in [1.29, 1.82) is 0 Å². The Balaban J connectivity index is 2.27. The zero-order chi connectivity index (χ0) is 18.2. The molecule has 24 heavy (non-hydrogen) atoms. The number of methoxy groups -OCH3 is 1. The van der Waals surface area contributed by atoms with E-state index < -0.39 is 8.32 Å². The molecule has 0 radical (unpaired) electrons. The summed E-state index contributed by atoms with van der Waals surface area (Å²) in [6, 6.07) is 7.04. The van der Waals surface area contributed by atoms with Crippen LogP contribution in [-0.4, -0.2) is 27.9 Å². The number of hydrogen-bond acceptors (Lipinski definition) is 3. The Morgan fingerprint density at radius 2 is 1.83 bits per heavy atom. The zero-order valence-corrected chi connectivity index (χ0v) is 16.8. The van der Waals surface area contributed by atoms with Crippen molar-refractivity contribution in [3.63, 3.8) is 0 Å². The van der Waals surface area contributed by atoms with Crippen molar-refractivity contribution in [3.8, 4) is 5.75 Å². The van der Waals surface area contributed by atoms with Gasteiger partial charge in [0.2, 0.25) is 0 Å². The molecule has 0 aliphatic rings. The fourth-order valence-corrected chi connectivity index (χ4v) is 2.88. The van der Waals surface area contributed by atoms with Crippen LogP contribution in [0.4, 0.5) is 0 Å². The van der Waals surface area contributed by atoms with Gasteiger partial charge in [0.05, 0.1) is 7.11 Å². The number of amides is 1. The summed E-state index contributed by atoms with van der Waals surface area (Å²) in [6.45, 7) is 12.0. The number of benzene rings is 1. The second-order valence-electron chi connectivity index (χ2n) is 7.36. The van der Waals surface area contributed by atoms with Gasteiger partial charge in [0.15, 0.2) is 8.32 Å². The summed E-state index contributed by atoms with van der Waals surface area (Å²) in [4.78, 5) is 12.0. The highest BCUT2D eigenvalue weighted by Crippen LogP contribution is 2.36. The monoisotopic (exact) mass is 349 g/mol. The average Bonchev–Trinajstić information content (AvgIpc) is 2.52. The van der Waals surface area contributed by atoms with Crippen molar-refractivity contribution in [3.05, 3.63) is 42.1 Å². The summed E-state index contributed by atoms with van der Waals surface area (Å²) < 4.78 is 11.2. The number of ether oxygens (including phenoxy) is 1. The van der Waals surface area contributed by atoms with E-state index in [1.807, 2.05) is 6.08 Å². The van der Waals surface area contributed by atoms with Gasteiger partial charge in [-0.3, -0.25) is 4.79 Å². The second-order valence-corrected chi connectivity index (χ2v) is 12.2. The minimum Gasteiger partial charge on any atom is -0.497 e. The average molecular weight is 350 g/mol. The van der Waals surface area contributed by atoms with E-state index in [0.29, 0.717) is 5.56 Å². The Morgan fingerprint density at radius 1 is 1.21 bits per heavy atom. The predicted molar refractivity (Wildman–Crippen MR) is 102 cm³/mol. The fourth-order valence-electron chi connectivity index (χ4n) is 1.79. The summed E-state index contributed by atoms with van der Waals surface area (Å²) in [6.07, 6.45) is 5.52. The van der Waals surface area contributed by atoms with E-state index in [0.717, 1.165) is 25.2 Å². The van der Waals surface area contributed by atoms with Crippen LogP contribution in [0.3, 0.4) is 0 Å². The van der Waals surface area contributed by atoms with Gasteiger partial charge in [-0.15, -0.1) is 0 Å². The number of carbonyl (C=O) groups is 1. The van der Waals surface area contributed by atoms with Gasteiger partial charge in [-0.25, -0.2) is 0 Å². The van der Waals surface area contributed by atoms with Crippen LogP contribution >= 0.6 is 0 Å². The lowest BCUT2D eigenvalue weighted by atomic mass is 10.2. The van der Waals surface area contributed by atoms with Crippen LogP contribution in [-0.2, 0) is 4.43 Å². The second kappa shape index (κ2) is 9.04. The minimum atomic E-state index is -1.65. The van der Waals surface area contributed by atoms with Gasteiger partial charge in [-0.05, 0) is 55.2 Å². The number of allylic oxidation sites excluding steroid dienone is 1. The predicted octanol–water partition coefficient (Wildman–Crippen LogP) is 4.74. The highest BCUT2D eigenvalue weighted by molar-refractivity contribution is 6.74. The maximum absolute atomic E-state index is 12.0. The molecule has 134 valence electrons. The van der Waals surface area contributed by atoms with E-state index in [4.69, 9.17) is 9.16 Å². The van der Waals surface area contributed by atoms with Crippen LogP contribution in [0.2, 0.25) is 18.1 Å². The normalized spacial score (nSPS) is 12.4. The lowest BCUT2D eigenvalue weighted by molar-refractivity contribution is 0.0970.